The number of nitrogens with one attached hydrogen (secondary N) is 2. The fourth-order valence-electron chi connectivity index (χ4n) is 0.855. The van der Waals surface area contributed by atoms with E-state index < -0.39 is 11.5 Å². The van der Waals surface area contributed by atoms with Crippen LogP contribution in [0.1, 0.15) is 10.4 Å². The molecule has 5 nitrogen and oxygen atoms in total. The molecule has 0 unspecified atom stereocenters. The molecule has 0 aliphatic carbocycles. The number of pyridine rings is 1. The van der Waals surface area contributed by atoms with Crippen molar-refractivity contribution in [2.24, 2.45) is 0 Å². The maximum Gasteiger partial charge on any atom is 0.338 e. The number of hydrogen-bond donors (Lipinski definition) is 3. The predicted molar refractivity (Wildman–Crippen MR) is 43.6 cm³/mol. The lowest BCUT2D eigenvalue weighted by Crippen LogP contribution is -2.11. The molecule has 5 heteroatoms. The summed E-state index contributed by atoms with van der Waals surface area (Å²) in [5.41, 5.74) is -0.0604. The van der Waals surface area contributed by atoms with Gasteiger partial charge in [0, 0.05) is 19.3 Å². The largest absolute Gasteiger partial charge is 0.478 e. The van der Waals surface area contributed by atoms with E-state index in [0.717, 1.165) is 6.07 Å². The fourth-order valence-corrected chi connectivity index (χ4v) is 0.855. The van der Waals surface area contributed by atoms with Crippen LogP contribution >= 0.6 is 0 Å². The van der Waals surface area contributed by atoms with Crippen LogP contribution in [-0.2, 0) is 0 Å². The fraction of sp³-hybridized carbons (Fsp3) is 0.143. The summed E-state index contributed by atoms with van der Waals surface area (Å²) in [5, 5.41) is 11.3. The molecule has 0 saturated heterocycles. The van der Waals surface area contributed by atoms with Crippen LogP contribution in [0.5, 0.6) is 0 Å². The van der Waals surface area contributed by atoms with Crippen LogP contribution in [-0.4, -0.2) is 23.1 Å². The number of hydrogen-bond acceptors (Lipinski definition) is 3. The van der Waals surface area contributed by atoms with E-state index in [1.807, 2.05) is 0 Å². The summed E-state index contributed by atoms with van der Waals surface area (Å²) in [4.78, 5) is 23.6. The zero-order valence-electron chi connectivity index (χ0n) is 6.42. The van der Waals surface area contributed by atoms with E-state index in [1.54, 1.807) is 7.05 Å². The molecule has 3 N–H and O–H groups in total. The summed E-state index contributed by atoms with van der Waals surface area (Å²) in [6.45, 7) is 0. The number of carbonyl (C=O) groups is 1. The van der Waals surface area contributed by atoms with Crippen molar-refractivity contribution in [3.05, 3.63) is 28.2 Å². The molecule has 0 aliphatic rings. The molecular formula is C7H8N2O3. The van der Waals surface area contributed by atoms with E-state index in [1.165, 1.54) is 6.20 Å². The van der Waals surface area contributed by atoms with Crippen LogP contribution in [0.15, 0.2) is 17.1 Å². The Hall–Kier alpha value is -1.78. The highest BCUT2D eigenvalue weighted by Crippen LogP contribution is 2.09. The predicted octanol–water partition coefficient (Wildman–Crippen LogP) is 0.115. The van der Waals surface area contributed by atoms with Crippen LogP contribution in [0.3, 0.4) is 0 Å². The number of rotatable bonds is 2. The number of carboxylic acid groups (broad SMARTS) is 1. The van der Waals surface area contributed by atoms with Crippen molar-refractivity contribution in [2.45, 2.75) is 0 Å². The Labute approximate surface area is 68.0 Å². The molecule has 0 spiro atoms. The Kier molecular flexibility index (Phi) is 2.14. The Bertz CT molecular complexity index is 356. The Balaban J connectivity index is 3.31. The first-order valence-corrected chi connectivity index (χ1v) is 3.29. The van der Waals surface area contributed by atoms with E-state index in [2.05, 4.69) is 10.3 Å². The number of aromatic amines is 1. The third kappa shape index (κ3) is 1.45. The number of aromatic nitrogens is 1. The molecule has 0 saturated carbocycles. The van der Waals surface area contributed by atoms with E-state index in [-0.39, 0.29) is 5.56 Å². The van der Waals surface area contributed by atoms with Gasteiger partial charge in [0.05, 0.1) is 11.3 Å². The summed E-state index contributed by atoms with van der Waals surface area (Å²) in [6.07, 6.45) is 1.33. The molecule has 0 amide bonds. The molecule has 0 atom stereocenters. The highest BCUT2D eigenvalue weighted by molar-refractivity contribution is 5.93. The first-order valence-electron chi connectivity index (χ1n) is 3.29. The monoisotopic (exact) mass is 168 g/mol. The number of H-pyrrole nitrogens is 1. The lowest BCUT2D eigenvalue weighted by molar-refractivity contribution is 0.0697. The van der Waals surface area contributed by atoms with Gasteiger partial charge in [-0.05, 0) is 0 Å². The zero-order valence-corrected chi connectivity index (χ0v) is 6.42. The molecule has 0 fully saturated rings. The van der Waals surface area contributed by atoms with Gasteiger partial charge in [-0.15, -0.1) is 0 Å². The van der Waals surface area contributed by atoms with Gasteiger partial charge in [-0.1, -0.05) is 0 Å². The van der Waals surface area contributed by atoms with Gasteiger partial charge >= 0.3 is 5.97 Å². The van der Waals surface area contributed by atoms with Crippen LogP contribution in [0.25, 0.3) is 0 Å². The van der Waals surface area contributed by atoms with Gasteiger partial charge in [0.15, 0.2) is 0 Å². The van der Waals surface area contributed by atoms with Crippen molar-refractivity contribution >= 4 is 11.7 Å². The zero-order chi connectivity index (χ0) is 9.14. The van der Waals surface area contributed by atoms with Crippen molar-refractivity contribution < 1.29 is 9.90 Å². The summed E-state index contributed by atoms with van der Waals surface area (Å²) >= 11 is 0. The summed E-state index contributed by atoms with van der Waals surface area (Å²) in [7, 11) is 1.58. The van der Waals surface area contributed by atoms with E-state index in [4.69, 9.17) is 5.11 Å². The number of carboxylic acids is 1. The third-order valence-corrected chi connectivity index (χ3v) is 1.42. The molecule has 1 aromatic heterocycles. The lowest BCUT2D eigenvalue weighted by atomic mass is 10.2. The van der Waals surface area contributed by atoms with Crippen LogP contribution in [0.2, 0.25) is 0 Å². The SMILES string of the molecule is CNc1c[nH]c(=O)cc1C(=O)O. The van der Waals surface area contributed by atoms with Gasteiger partial charge in [-0.25, -0.2) is 4.79 Å². The molecule has 0 aliphatic heterocycles. The maximum atomic E-state index is 10.7. The first kappa shape index (κ1) is 8.32. The minimum atomic E-state index is -1.12. The number of aromatic carboxylic acids is 1. The van der Waals surface area contributed by atoms with Crippen molar-refractivity contribution in [2.75, 3.05) is 12.4 Å². The molecule has 0 bridgehead atoms. The third-order valence-electron chi connectivity index (χ3n) is 1.42. The molecule has 64 valence electrons. The average molecular weight is 168 g/mol. The molecular weight excluding hydrogens is 160 g/mol. The normalized spacial score (nSPS) is 9.42. The van der Waals surface area contributed by atoms with Crippen LogP contribution in [0, 0.1) is 0 Å². The van der Waals surface area contributed by atoms with E-state index in [0.29, 0.717) is 5.69 Å². The van der Waals surface area contributed by atoms with Gasteiger partial charge in [0.25, 0.3) is 0 Å². The Morgan fingerprint density at radius 3 is 2.83 bits per heavy atom. The van der Waals surface area contributed by atoms with Gasteiger partial charge in [-0.2, -0.15) is 0 Å². The topological polar surface area (TPSA) is 82.2 Å². The standard InChI is InChI=1S/C7H8N2O3/c1-8-5-3-9-6(10)2-4(5)7(11)12/h2-3,8H,1H3,(H,9,10)(H,11,12). The quantitative estimate of drug-likeness (QED) is 0.585. The van der Waals surface area contributed by atoms with E-state index >= 15 is 0 Å². The second kappa shape index (κ2) is 3.08. The van der Waals surface area contributed by atoms with Gasteiger partial charge in [0.2, 0.25) is 5.56 Å². The molecule has 1 rings (SSSR count). The van der Waals surface area contributed by atoms with Crippen LogP contribution < -0.4 is 10.9 Å². The van der Waals surface area contributed by atoms with Gasteiger partial charge < -0.3 is 15.4 Å². The summed E-state index contributed by atoms with van der Waals surface area (Å²) in [5.74, 6) is -1.12. The summed E-state index contributed by atoms with van der Waals surface area (Å²) in [6, 6.07) is 1.04. The van der Waals surface area contributed by atoms with Crippen molar-refractivity contribution in [1.29, 1.82) is 0 Å². The van der Waals surface area contributed by atoms with Crippen LogP contribution in [0.4, 0.5) is 5.69 Å². The molecule has 1 heterocycles. The second-order valence-electron chi connectivity index (χ2n) is 2.18. The lowest BCUT2D eigenvalue weighted by Gasteiger charge is -2.02. The smallest absolute Gasteiger partial charge is 0.338 e. The Morgan fingerprint density at radius 1 is 1.67 bits per heavy atom. The minimum absolute atomic E-state index is 0.0266. The highest BCUT2D eigenvalue weighted by Gasteiger charge is 2.08. The van der Waals surface area contributed by atoms with Crippen molar-refractivity contribution in [1.82, 2.24) is 4.98 Å². The number of anilines is 1. The first-order chi connectivity index (χ1) is 5.65. The second-order valence-corrected chi connectivity index (χ2v) is 2.18. The molecule has 12 heavy (non-hydrogen) atoms. The maximum absolute atomic E-state index is 10.7. The summed E-state index contributed by atoms with van der Waals surface area (Å²) < 4.78 is 0. The van der Waals surface area contributed by atoms with Gasteiger partial charge in [-0.3, -0.25) is 4.79 Å². The molecule has 1 aromatic rings. The highest BCUT2D eigenvalue weighted by atomic mass is 16.4. The van der Waals surface area contributed by atoms with Crippen molar-refractivity contribution in [3.8, 4) is 0 Å². The van der Waals surface area contributed by atoms with Crippen molar-refractivity contribution in [3.63, 3.8) is 0 Å². The minimum Gasteiger partial charge on any atom is -0.478 e. The Morgan fingerprint density at radius 2 is 2.33 bits per heavy atom. The molecule has 0 aromatic carbocycles. The average Bonchev–Trinajstić information content (AvgIpc) is 2.04. The van der Waals surface area contributed by atoms with E-state index in [9.17, 15) is 9.59 Å². The van der Waals surface area contributed by atoms with Gasteiger partial charge in [0.1, 0.15) is 0 Å². The molecule has 0 radical (unpaired) electrons.